The maximum Gasteiger partial charge on any atom is 0.350 e. The van der Waals surface area contributed by atoms with E-state index in [0.29, 0.717) is 31.1 Å². The van der Waals surface area contributed by atoms with Crippen LogP contribution < -0.4 is 11.0 Å². The molecule has 1 saturated heterocycles. The number of rotatable bonds is 9. The highest BCUT2D eigenvalue weighted by Gasteiger charge is 2.18. The van der Waals surface area contributed by atoms with Crippen molar-refractivity contribution >= 4 is 18.4 Å². The third-order valence-corrected chi connectivity index (χ3v) is 5.87. The van der Waals surface area contributed by atoms with Gasteiger partial charge in [-0.25, -0.2) is 14.0 Å². The number of aliphatic carboxylic acids is 1. The van der Waals surface area contributed by atoms with Crippen LogP contribution in [0, 0.1) is 18.8 Å². The molecule has 0 amide bonds. The molecular formula is C22H33ClN4O3. The van der Waals surface area contributed by atoms with Crippen LogP contribution in [-0.4, -0.2) is 38.5 Å². The van der Waals surface area contributed by atoms with E-state index in [4.69, 9.17) is 0 Å². The molecule has 1 aliphatic heterocycles. The van der Waals surface area contributed by atoms with Crippen LogP contribution in [0.15, 0.2) is 29.1 Å². The van der Waals surface area contributed by atoms with E-state index in [0.717, 1.165) is 50.0 Å². The maximum absolute atomic E-state index is 12.9. The van der Waals surface area contributed by atoms with Gasteiger partial charge in [-0.1, -0.05) is 25.5 Å². The highest BCUT2D eigenvalue weighted by molar-refractivity contribution is 5.85. The summed E-state index contributed by atoms with van der Waals surface area (Å²) in [4.78, 5) is 24.3. The van der Waals surface area contributed by atoms with Crippen LogP contribution in [0.5, 0.6) is 0 Å². The lowest BCUT2D eigenvalue weighted by Crippen LogP contribution is -2.30. The summed E-state index contributed by atoms with van der Waals surface area (Å²) in [5.41, 5.74) is 1.63. The molecule has 2 N–H and O–H groups in total. The van der Waals surface area contributed by atoms with Crippen LogP contribution in [0.4, 0.5) is 0 Å². The summed E-state index contributed by atoms with van der Waals surface area (Å²) in [7, 11) is 0. The van der Waals surface area contributed by atoms with E-state index < -0.39 is 5.97 Å². The lowest BCUT2D eigenvalue weighted by molar-refractivity contribution is -0.141. The van der Waals surface area contributed by atoms with Gasteiger partial charge in [0.1, 0.15) is 5.82 Å². The average molecular weight is 437 g/mol. The van der Waals surface area contributed by atoms with E-state index >= 15 is 0 Å². The molecule has 166 valence electrons. The van der Waals surface area contributed by atoms with Crippen molar-refractivity contribution in [1.82, 2.24) is 19.7 Å². The normalized spacial score (nSPS) is 15.5. The molecule has 1 unspecified atom stereocenters. The van der Waals surface area contributed by atoms with Crippen LogP contribution in [0.25, 0.3) is 5.69 Å². The number of halogens is 1. The first-order chi connectivity index (χ1) is 14.0. The number of carboxylic acids is 1. The molecule has 0 saturated carbocycles. The Labute approximate surface area is 183 Å². The number of nitrogens with one attached hydrogen (secondary N) is 1. The number of carboxylic acid groups (broad SMARTS) is 1. The smallest absolute Gasteiger partial charge is 0.350 e. The summed E-state index contributed by atoms with van der Waals surface area (Å²) >= 11 is 0. The Bertz CT molecular complexity index is 869. The Morgan fingerprint density at radius 1 is 1.27 bits per heavy atom. The molecule has 30 heavy (non-hydrogen) atoms. The van der Waals surface area contributed by atoms with Gasteiger partial charge in [-0.15, -0.1) is 12.4 Å². The Balaban J connectivity index is 0.00000320. The fourth-order valence-electron chi connectivity index (χ4n) is 4.16. The number of aryl methyl sites for hydroxylation is 2. The number of benzene rings is 1. The molecule has 0 spiro atoms. The number of aromatic nitrogens is 3. The van der Waals surface area contributed by atoms with Gasteiger partial charge in [-0.2, -0.15) is 5.10 Å². The minimum atomic E-state index is -0.752. The molecule has 7 nitrogen and oxygen atoms in total. The molecule has 0 bridgehead atoms. The fraction of sp³-hybridized carbons (Fsp3) is 0.591. The van der Waals surface area contributed by atoms with Crippen LogP contribution in [0.1, 0.15) is 50.4 Å². The van der Waals surface area contributed by atoms with Crippen molar-refractivity contribution in [2.24, 2.45) is 11.8 Å². The van der Waals surface area contributed by atoms with E-state index in [1.807, 2.05) is 38.1 Å². The van der Waals surface area contributed by atoms with E-state index in [2.05, 4.69) is 10.4 Å². The van der Waals surface area contributed by atoms with Gasteiger partial charge in [0, 0.05) is 6.54 Å². The lowest BCUT2D eigenvalue weighted by atomic mass is 9.95. The highest BCUT2D eigenvalue weighted by Crippen LogP contribution is 2.18. The molecule has 1 aromatic carbocycles. The number of nitrogens with zero attached hydrogens (tertiary/aromatic N) is 3. The van der Waals surface area contributed by atoms with E-state index in [9.17, 15) is 14.7 Å². The third kappa shape index (κ3) is 5.95. The van der Waals surface area contributed by atoms with Crippen LogP contribution in [0.3, 0.4) is 0 Å². The number of piperidine rings is 1. The Kier molecular flexibility index (Phi) is 9.11. The van der Waals surface area contributed by atoms with Gasteiger partial charge in [0.05, 0.1) is 11.6 Å². The quantitative estimate of drug-likeness (QED) is 0.630. The summed E-state index contributed by atoms with van der Waals surface area (Å²) in [5, 5.41) is 17.2. The number of carbonyl (C=O) groups is 1. The Hall–Kier alpha value is -2.12. The maximum atomic E-state index is 12.9. The van der Waals surface area contributed by atoms with Gasteiger partial charge in [-0.3, -0.25) is 4.79 Å². The summed E-state index contributed by atoms with van der Waals surface area (Å²) < 4.78 is 3.21. The predicted molar refractivity (Wildman–Crippen MR) is 120 cm³/mol. The highest BCUT2D eigenvalue weighted by atomic mass is 35.5. The third-order valence-electron chi connectivity index (χ3n) is 5.87. The second kappa shape index (κ2) is 11.3. The van der Waals surface area contributed by atoms with Crippen molar-refractivity contribution in [2.45, 2.75) is 58.9 Å². The minimum absolute atomic E-state index is 0. The van der Waals surface area contributed by atoms with Crippen LogP contribution >= 0.6 is 12.4 Å². The molecular weight excluding hydrogens is 404 g/mol. The molecule has 0 aliphatic carbocycles. The topological polar surface area (TPSA) is 89.2 Å². The van der Waals surface area contributed by atoms with E-state index in [1.54, 1.807) is 9.25 Å². The van der Waals surface area contributed by atoms with E-state index in [-0.39, 0.29) is 24.0 Å². The molecule has 2 heterocycles. The van der Waals surface area contributed by atoms with E-state index in [1.165, 1.54) is 0 Å². The molecule has 1 fully saturated rings. The standard InChI is InChI=1S/C22H32N4O3.ClH/c1-3-4-19(21(27)28)15-18-5-7-20(8-6-18)26-16(2)24-25(22(26)29)14-11-17-9-12-23-13-10-17;/h5-8,17,19,23H,3-4,9-15H2,1-2H3,(H,27,28);1H. The van der Waals surface area contributed by atoms with Gasteiger partial charge in [0.25, 0.3) is 0 Å². The minimum Gasteiger partial charge on any atom is -0.481 e. The van der Waals surface area contributed by atoms with Crippen molar-refractivity contribution in [3.05, 3.63) is 46.1 Å². The Morgan fingerprint density at radius 3 is 2.53 bits per heavy atom. The SMILES string of the molecule is CCCC(Cc1ccc(-n2c(C)nn(CCC3CCNCC3)c2=O)cc1)C(=O)O.Cl. The monoisotopic (exact) mass is 436 g/mol. The van der Waals surface area contributed by atoms with Gasteiger partial charge in [-0.05, 0) is 75.7 Å². The van der Waals surface area contributed by atoms with Crippen molar-refractivity contribution in [3.63, 3.8) is 0 Å². The number of hydrogen-bond donors (Lipinski definition) is 2. The summed E-state index contributed by atoms with van der Waals surface area (Å²) in [6.07, 6.45) is 5.31. The van der Waals surface area contributed by atoms with Gasteiger partial charge in [0.2, 0.25) is 0 Å². The molecule has 8 heteroatoms. The first kappa shape index (κ1) is 24.2. The molecule has 1 atom stereocenters. The van der Waals surface area contributed by atoms with Crippen LogP contribution in [0.2, 0.25) is 0 Å². The molecule has 1 aliphatic rings. The largest absolute Gasteiger partial charge is 0.481 e. The molecule has 2 aromatic rings. The molecule has 3 rings (SSSR count). The van der Waals surface area contributed by atoms with Crippen molar-refractivity contribution < 1.29 is 9.90 Å². The molecule has 0 radical (unpaired) electrons. The first-order valence-corrected chi connectivity index (χ1v) is 10.7. The molecule has 1 aromatic heterocycles. The fourth-order valence-corrected chi connectivity index (χ4v) is 4.16. The summed E-state index contributed by atoms with van der Waals surface area (Å²) in [6, 6.07) is 7.60. The first-order valence-electron chi connectivity index (χ1n) is 10.7. The van der Waals surface area contributed by atoms with Gasteiger partial charge < -0.3 is 10.4 Å². The lowest BCUT2D eigenvalue weighted by Gasteiger charge is -2.22. The average Bonchev–Trinajstić information content (AvgIpc) is 3.00. The predicted octanol–water partition coefficient (Wildman–Crippen LogP) is 3.20. The number of hydrogen-bond acceptors (Lipinski definition) is 4. The summed E-state index contributed by atoms with van der Waals surface area (Å²) in [5.74, 6) is 0.201. The van der Waals surface area contributed by atoms with Gasteiger partial charge in [0.15, 0.2) is 0 Å². The zero-order valence-electron chi connectivity index (χ0n) is 17.8. The van der Waals surface area contributed by atoms with Crippen molar-refractivity contribution in [2.75, 3.05) is 13.1 Å². The summed E-state index contributed by atoms with van der Waals surface area (Å²) in [6.45, 7) is 6.60. The zero-order chi connectivity index (χ0) is 20.8. The second-order valence-corrected chi connectivity index (χ2v) is 8.06. The van der Waals surface area contributed by atoms with Gasteiger partial charge >= 0.3 is 11.7 Å². The zero-order valence-corrected chi connectivity index (χ0v) is 18.7. The second-order valence-electron chi connectivity index (χ2n) is 8.06. The Morgan fingerprint density at radius 2 is 1.93 bits per heavy atom. The van der Waals surface area contributed by atoms with Crippen molar-refractivity contribution in [3.8, 4) is 5.69 Å². The van der Waals surface area contributed by atoms with Crippen molar-refractivity contribution in [1.29, 1.82) is 0 Å². The van der Waals surface area contributed by atoms with Crippen LogP contribution in [-0.2, 0) is 17.8 Å².